The van der Waals surface area contributed by atoms with Crippen LogP contribution in [-0.4, -0.2) is 67.3 Å². The van der Waals surface area contributed by atoms with Gasteiger partial charge >= 0.3 is 29.8 Å². The number of carbonyl (C=O) groups excluding carboxylic acids is 5. The minimum Gasteiger partial charge on any atom is -0.493 e. The molecular formula is C36H31N3O13. The van der Waals surface area contributed by atoms with Gasteiger partial charge in [-0.2, -0.15) is 10.2 Å². The highest BCUT2D eigenvalue weighted by Crippen LogP contribution is 2.31. The van der Waals surface area contributed by atoms with Gasteiger partial charge in [-0.15, -0.1) is 0 Å². The molecule has 0 aromatic heterocycles. The fourth-order valence-corrected chi connectivity index (χ4v) is 4.36. The van der Waals surface area contributed by atoms with E-state index in [1.165, 1.54) is 56.7 Å². The van der Waals surface area contributed by atoms with E-state index in [0.717, 1.165) is 32.0 Å². The van der Waals surface area contributed by atoms with Crippen molar-refractivity contribution in [3.63, 3.8) is 0 Å². The number of hydrogen-bond acceptors (Lipinski definition) is 14. The zero-order chi connectivity index (χ0) is 37.8. The minimum atomic E-state index is -2.39. The monoisotopic (exact) mass is 713 g/mol. The maximum atomic E-state index is 13.6. The first kappa shape index (κ1) is 37.7. The van der Waals surface area contributed by atoms with E-state index in [1.807, 2.05) is 6.07 Å². The van der Waals surface area contributed by atoms with Crippen molar-refractivity contribution in [2.45, 2.75) is 26.1 Å². The van der Waals surface area contributed by atoms with Crippen LogP contribution in [0.1, 0.15) is 34.6 Å². The Labute approximate surface area is 295 Å². The Balaban J connectivity index is 1.63. The number of anilines is 1. The second-order valence-corrected chi connectivity index (χ2v) is 10.5. The summed E-state index contributed by atoms with van der Waals surface area (Å²) < 4.78 is 31.0. The third-order valence-corrected chi connectivity index (χ3v) is 6.72. The number of hydrogen-bond donors (Lipinski definition) is 2. The second-order valence-electron chi connectivity index (χ2n) is 10.5. The zero-order valence-electron chi connectivity index (χ0n) is 28.1. The number of ether oxygens (including phenoxy) is 6. The van der Waals surface area contributed by atoms with Crippen LogP contribution in [-0.2, 0) is 28.7 Å². The van der Waals surface area contributed by atoms with Gasteiger partial charge in [0.25, 0.3) is 5.91 Å². The summed E-state index contributed by atoms with van der Waals surface area (Å²) in [6.45, 7) is 2.31. The van der Waals surface area contributed by atoms with Crippen molar-refractivity contribution in [1.82, 2.24) is 0 Å². The summed E-state index contributed by atoms with van der Waals surface area (Å²) in [6, 6.07) is 21.9. The normalized spacial score (nSPS) is 11.8. The number of nitrogens with zero attached hydrogens (tertiary/aromatic N) is 2. The Morgan fingerprint density at radius 3 is 1.50 bits per heavy atom. The maximum Gasteiger partial charge on any atom is 0.349 e. The van der Waals surface area contributed by atoms with Gasteiger partial charge in [0.1, 0.15) is 0 Å². The number of aliphatic carboxylic acids is 1. The number of amides is 1. The van der Waals surface area contributed by atoms with E-state index in [9.17, 15) is 33.9 Å². The SMILES string of the molecule is COc1cc(C(=O)O[C@H](C(=O)O)[C@H](OC(=O)c2ccc(OC(C)=O)c(OC)c2)C(=O)Nc2ccc(N=Nc3ccccc3)cc2)ccc1OC(C)=O. The molecule has 4 aromatic carbocycles. The first-order chi connectivity index (χ1) is 24.9. The number of nitrogens with one attached hydrogen (secondary N) is 1. The van der Waals surface area contributed by atoms with Crippen LogP contribution < -0.4 is 24.3 Å². The lowest BCUT2D eigenvalue weighted by Crippen LogP contribution is -2.48. The molecule has 0 aliphatic carbocycles. The number of benzene rings is 4. The summed E-state index contributed by atoms with van der Waals surface area (Å²) in [5.41, 5.74) is 0.675. The molecule has 268 valence electrons. The molecule has 0 bridgehead atoms. The minimum absolute atomic E-state index is 0.0277. The lowest BCUT2D eigenvalue weighted by atomic mass is 10.1. The molecule has 0 saturated carbocycles. The highest BCUT2D eigenvalue weighted by Gasteiger charge is 2.41. The van der Waals surface area contributed by atoms with Gasteiger partial charge in [0.05, 0.1) is 36.7 Å². The third-order valence-electron chi connectivity index (χ3n) is 6.72. The Morgan fingerprint density at radius 2 is 1.06 bits per heavy atom. The molecule has 0 unspecified atom stereocenters. The van der Waals surface area contributed by atoms with Crippen LogP contribution in [0.25, 0.3) is 0 Å². The molecule has 16 nitrogen and oxygen atoms in total. The molecule has 2 atom stereocenters. The third kappa shape index (κ3) is 10.2. The average Bonchev–Trinajstić information content (AvgIpc) is 3.12. The van der Waals surface area contributed by atoms with Gasteiger partial charge in [-0.25, -0.2) is 14.4 Å². The molecule has 0 aliphatic heterocycles. The number of carbonyl (C=O) groups is 6. The van der Waals surface area contributed by atoms with Crippen LogP contribution in [0.4, 0.5) is 17.1 Å². The Morgan fingerprint density at radius 1 is 0.596 bits per heavy atom. The molecule has 0 spiro atoms. The smallest absolute Gasteiger partial charge is 0.349 e. The van der Waals surface area contributed by atoms with E-state index >= 15 is 0 Å². The standard InChI is InChI=1S/C36H31N3O13/c1-20(40)49-27-16-10-22(18-29(27)47-3)35(45)51-31(33(42)37-24-12-14-26(15-13-24)39-38-25-8-6-5-7-9-25)32(34(43)44)52-36(46)23-11-17-28(50-21(2)41)30(19-23)48-4/h5-19,31-32H,1-4H3,(H,37,42)(H,43,44)/t31-,32-/m0/s1. The number of carboxylic acids is 1. The molecule has 4 rings (SSSR count). The molecule has 0 radical (unpaired) electrons. The van der Waals surface area contributed by atoms with Crippen LogP contribution in [0.5, 0.6) is 23.0 Å². The van der Waals surface area contributed by atoms with Crippen molar-refractivity contribution in [2.24, 2.45) is 10.2 Å². The van der Waals surface area contributed by atoms with E-state index < -0.39 is 48.0 Å². The van der Waals surface area contributed by atoms with E-state index in [-0.39, 0.29) is 39.8 Å². The topological polar surface area (TPSA) is 215 Å². The summed E-state index contributed by atoms with van der Waals surface area (Å²) in [4.78, 5) is 75.6. The quantitative estimate of drug-likeness (QED) is 0.0946. The lowest BCUT2D eigenvalue weighted by molar-refractivity contribution is -0.157. The Hall–Kier alpha value is -7.10. The molecule has 0 aliphatic rings. The first-order valence-electron chi connectivity index (χ1n) is 15.1. The van der Waals surface area contributed by atoms with Gasteiger partial charge < -0.3 is 38.8 Å². The predicted molar refractivity (Wildman–Crippen MR) is 180 cm³/mol. The number of rotatable bonds is 14. The fourth-order valence-electron chi connectivity index (χ4n) is 4.36. The van der Waals surface area contributed by atoms with Gasteiger partial charge in [-0.1, -0.05) is 18.2 Å². The predicted octanol–water partition coefficient (Wildman–Crippen LogP) is 5.44. The van der Waals surface area contributed by atoms with Gasteiger partial charge in [-0.3, -0.25) is 14.4 Å². The van der Waals surface area contributed by atoms with Crippen molar-refractivity contribution in [3.05, 3.63) is 102 Å². The molecule has 4 aromatic rings. The van der Waals surface area contributed by atoms with Crippen LogP contribution in [0.2, 0.25) is 0 Å². The summed E-state index contributed by atoms with van der Waals surface area (Å²) in [5, 5.41) is 20.8. The van der Waals surface area contributed by atoms with Crippen LogP contribution in [0.3, 0.4) is 0 Å². The molecule has 16 heteroatoms. The number of azo groups is 1. The molecule has 0 fully saturated rings. The van der Waals surface area contributed by atoms with Crippen LogP contribution in [0, 0.1) is 0 Å². The van der Waals surface area contributed by atoms with E-state index in [0.29, 0.717) is 11.4 Å². The molecule has 52 heavy (non-hydrogen) atoms. The summed E-state index contributed by atoms with van der Waals surface area (Å²) >= 11 is 0. The zero-order valence-corrected chi connectivity index (χ0v) is 28.1. The molecule has 0 saturated heterocycles. The van der Waals surface area contributed by atoms with Gasteiger partial charge in [0.2, 0.25) is 12.2 Å². The van der Waals surface area contributed by atoms with E-state index in [4.69, 9.17) is 28.4 Å². The number of esters is 4. The molecule has 0 heterocycles. The largest absolute Gasteiger partial charge is 0.493 e. The molecule has 1 amide bonds. The van der Waals surface area contributed by atoms with Gasteiger partial charge in [0.15, 0.2) is 23.0 Å². The lowest BCUT2D eigenvalue weighted by Gasteiger charge is -2.24. The summed E-state index contributed by atoms with van der Waals surface area (Å²) in [7, 11) is 2.49. The maximum absolute atomic E-state index is 13.6. The van der Waals surface area contributed by atoms with E-state index in [2.05, 4.69) is 15.5 Å². The highest BCUT2D eigenvalue weighted by molar-refractivity contribution is 6.02. The first-order valence-corrected chi connectivity index (χ1v) is 15.1. The van der Waals surface area contributed by atoms with Crippen molar-refractivity contribution >= 4 is 52.8 Å². The Kier molecular flexibility index (Phi) is 12.7. The highest BCUT2D eigenvalue weighted by atomic mass is 16.6. The van der Waals surface area contributed by atoms with Crippen molar-refractivity contribution in [3.8, 4) is 23.0 Å². The fraction of sp³-hybridized carbons (Fsp3) is 0.167. The molecule has 2 N–H and O–H groups in total. The van der Waals surface area contributed by atoms with Gasteiger partial charge in [-0.05, 0) is 72.8 Å². The van der Waals surface area contributed by atoms with Crippen LogP contribution in [0.15, 0.2) is 101 Å². The van der Waals surface area contributed by atoms with E-state index in [1.54, 1.807) is 24.3 Å². The molecular weight excluding hydrogens is 682 g/mol. The van der Waals surface area contributed by atoms with Crippen molar-refractivity contribution in [2.75, 3.05) is 19.5 Å². The summed E-state index contributed by atoms with van der Waals surface area (Å²) in [5.74, 6) is -7.01. The summed E-state index contributed by atoms with van der Waals surface area (Å²) in [6.07, 6.45) is -4.66. The number of methoxy groups -OCH3 is 2. The average molecular weight is 714 g/mol. The number of carboxylic acid groups (broad SMARTS) is 1. The van der Waals surface area contributed by atoms with Crippen molar-refractivity contribution in [1.29, 1.82) is 0 Å². The second kappa shape index (κ2) is 17.5. The van der Waals surface area contributed by atoms with Gasteiger partial charge in [0, 0.05) is 19.5 Å². The Bertz CT molecular complexity index is 2000. The van der Waals surface area contributed by atoms with Crippen LogP contribution >= 0.6 is 0 Å². The van der Waals surface area contributed by atoms with Crippen molar-refractivity contribution < 1.29 is 62.3 Å².